The molecule has 1 aromatic rings. The number of carbonyl (C=O) groups is 1. The third-order valence-corrected chi connectivity index (χ3v) is 3.59. The van der Waals surface area contributed by atoms with Crippen molar-refractivity contribution in [3.05, 3.63) is 17.7 Å². The van der Waals surface area contributed by atoms with Crippen LogP contribution in [-0.4, -0.2) is 36.4 Å². The zero-order chi connectivity index (χ0) is 13.5. The van der Waals surface area contributed by atoms with Crippen molar-refractivity contribution in [2.75, 3.05) is 36.1 Å². The molecule has 5 N–H and O–H groups in total. The highest BCUT2D eigenvalue weighted by atomic mass is 16.5. The van der Waals surface area contributed by atoms with Gasteiger partial charge in [0.05, 0.1) is 24.4 Å². The second kappa shape index (κ2) is 4.40. The Morgan fingerprint density at radius 2 is 2.37 bits per heavy atom. The summed E-state index contributed by atoms with van der Waals surface area (Å²) in [5.74, 6) is -0.0191. The van der Waals surface area contributed by atoms with Crippen LogP contribution in [0.25, 0.3) is 0 Å². The van der Waals surface area contributed by atoms with Crippen LogP contribution in [0.15, 0.2) is 12.1 Å². The van der Waals surface area contributed by atoms with Gasteiger partial charge >= 0.3 is 0 Å². The van der Waals surface area contributed by atoms with Crippen LogP contribution in [0.4, 0.5) is 17.1 Å². The van der Waals surface area contributed by atoms with Gasteiger partial charge in [-0.1, -0.05) is 0 Å². The minimum absolute atomic E-state index is 0.0191. The Hall–Kier alpha value is -1.79. The lowest BCUT2D eigenvalue weighted by molar-refractivity contribution is -0.115. The molecule has 0 aliphatic carbocycles. The number of nitrogen functional groups attached to an aromatic ring is 1. The highest BCUT2D eigenvalue weighted by Gasteiger charge is 2.32. The molecule has 0 bridgehead atoms. The quantitative estimate of drug-likeness (QED) is 0.589. The van der Waals surface area contributed by atoms with Gasteiger partial charge in [0.25, 0.3) is 0 Å². The number of hydrogen-bond donors (Lipinski definition) is 4. The Labute approximate surface area is 110 Å². The predicted molar refractivity (Wildman–Crippen MR) is 72.1 cm³/mol. The van der Waals surface area contributed by atoms with E-state index in [1.54, 1.807) is 6.07 Å². The second-order valence-electron chi connectivity index (χ2n) is 5.20. The number of anilines is 3. The minimum atomic E-state index is -0.839. The van der Waals surface area contributed by atoms with Crippen molar-refractivity contribution in [2.45, 2.75) is 18.4 Å². The summed E-state index contributed by atoms with van der Waals surface area (Å²) in [6, 6.07) is 3.61. The van der Waals surface area contributed by atoms with E-state index in [0.717, 1.165) is 16.9 Å². The number of carbonyl (C=O) groups excluding carboxylic acids is 1. The van der Waals surface area contributed by atoms with E-state index in [9.17, 15) is 9.90 Å². The van der Waals surface area contributed by atoms with Crippen LogP contribution in [0.1, 0.15) is 12.0 Å². The fourth-order valence-corrected chi connectivity index (χ4v) is 2.44. The van der Waals surface area contributed by atoms with Crippen molar-refractivity contribution in [1.82, 2.24) is 0 Å². The number of rotatable bonds is 3. The van der Waals surface area contributed by atoms with Crippen LogP contribution in [-0.2, 0) is 16.0 Å². The molecule has 0 aromatic heterocycles. The van der Waals surface area contributed by atoms with Crippen LogP contribution >= 0.6 is 0 Å². The lowest BCUT2D eigenvalue weighted by atomic mass is 10.0. The van der Waals surface area contributed by atoms with Crippen LogP contribution in [0.5, 0.6) is 0 Å². The van der Waals surface area contributed by atoms with E-state index in [4.69, 9.17) is 10.5 Å². The molecule has 0 radical (unpaired) electrons. The lowest BCUT2D eigenvalue weighted by Crippen LogP contribution is -2.37. The van der Waals surface area contributed by atoms with E-state index < -0.39 is 5.60 Å². The Morgan fingerprint density at radius 1 is 1.53 bits per heavy atom. The predicted octanol–water partition coefficient (Wildman–Crippen LogP) is 0.327. The van der Waals surface area contributed by atoms with Crippen molar-refractivity contribution >= 4 is 23.0 Å². The molecular weight excluding hydrogens is 246 g/mol. The molecule has 6 nitrogen and oxygen atoms in total. The first kappa shape index (κ1) is 12.3. The summed E-state index contributed by atoms with van der Waals surface area (Å²) >= 11 is 0. The summed E-state index contributed by atoms with van der Waals surface area (Å²) in [7, 11) is 0. The number of fused-ring (bicyclic) bond motifs is 1. The SMILES string of the molecule is Nc1cc2c(cc1NCC1(O)CCOC1)NC(=O)C2. The normalized spacial score (nSPS) is 25.2. The average Bonchev–Trinajstić information content (AvgIpc) is 2.92. The van der Waals surface area contributed by atoms with Gasteiger partial charge in [0.15, 0.2) is 0 Å². The highest BCUT2D eigenvalue weighted by Crippen LogP contribution is 2.32. The first-order valence-electron chi connectivity index (χ1n) is 6.32. The zero-order valence-corrected chi connectivity index (χ0v) is 10.5. The molecule has 2 aliphatic rings. The van der Waals surface area contributed by atoms with Crippen molar-refractivity contribution in [2.24, 2.45) is 0 Å². The summed E-state index contributed by atoms with van der Waals surface area (Å²) < 4.78 is 5.19. The van der Waals surface area contributed by atoms with Crippen molar-refractivity contribution in [3.8, 4) is 0 Å². The van der Waals surface area contributed by atoms with Gasteiger partial charge in [0, 0.05) is 25.3 Å². The van der Waals surface area contributed by atoms with Gasteiger partial charge in [-0.2, -0.15) is 0 Å². The summed E-state index contributed by atoms with van der Waals surface area (Å²) in [6.07, 6.45) is 0.985. The number of aliphatic hydroxyl groups is 1. The third kappa shape index (κ3) is 2.36. The monoisotopic (exact) mass is 263 g/mol. The summed E-state index contributed by atoms with van der Waals surface area (Å²) in [5.41, 5.74) is 8.12. The summed E-state index contributed by atoms with van der Waals surface area (Å²) in [5, 5.41) is 16.1. The van der Waals surface area contributed by atoms with Crippen LogP contribution in [0.2, 0.25) is 0 Å². The minimum Gasteiger partial charge on any atom is -0.397 e. The first-order valence-corrected chi connectivity index (χ1v) is 6.32. The molecule has 1 saturated heterocycles. The fourth-order valence-electron chi connectivity index (χ4n) is 2.44. The average molecular weight is 263 g/mol. The van der Waals surface area contributed by atoms with E-state index in [0.29, 0.717) is 38.3 Å². The van der Waals surface area contributed by atoms with Gasteiger partial charge in [-0.25, -0.2) is 0 Å². The molecule has 19 heavy (non-hydrogen) atoms. The number of ether oxygens (including phenoxy) is 1. The maximum absolute atomic E-state index is 11.3. The zero-order valence-electron chi connectivity index (χ0n) is 10.5. The Balaban J connectivity index is 1.75. The number of nitrogens with two attached hydrogens (primary N) is 1. The molecule has 1 fully saturated rings. The molecule has 6 heteroatoms. The third-order valence-electron chi connectivity index (χ3n) is 3.59. The van der Waals surface area contributed by atoms with E-state index in [1.807, 2.05) is 6.07 Å². The molecule has 102 valence electrons. The van der Waals surface area contributed by atoms with Crippen LogP contribution < -0.4 is 16.4 Å². The van der Waals surface area contributed by atoms with Gasteiger partial charge < -0.3 is 26.2 Å². The molecule has 2 heterocycles. The van der Waals surface area contributed by atoms with E-state index in [1.165, 1.54) is 0 Å². The first-order chi connectivity index (χ1) is 9.06. The van der Waals surface area contributed by atoms with Crippen molar-refractivity contribution in [1.29, 1.82) is 0 Å². The smallest absolute Gasteiger partial charge is 0.228 e. The molecule has 3 rings (SSSR count). The number of amides is 1. The van der Waals surface area contributed by atoms with Gasteiger partial charge in [-0.05, 0) is 17.7 Å². The van der Waals surface area contributed by atoms with Gasteiger partial charge in [0.2, 0.25) is 5.91 Å². The Morgan fingerprint density at radius 3 is 3.11 bits per heavy atom. The highest BCUT2D eigenvalue weighted by molar-refractivity contribution is 6.00. The van der Waals surface area contributed by atoms with Crippen LogP contribution in [0.3, 0.4) is 0 Å². The van der Waals surface area contributed by atoms with Crippen molar-refractivity contribution < 1.29 is 14.6 Å². The van der Waals surface area contributed by atoms with Gasteiger partial charge in [0.1, 0.15) is 5.60 Å². The number of nitrogens with one attached hydrogen (secondary N) is 2. The molecule has 1 unspecified atom stereocenters. The van der Waals surface area contributed by atoms with Gasteiger partial charge in [-0.15, -0.1) is 0 Å². The molecule has 2 aliphatic heterocycles. The molecule has 0 saturated carbocycles. The van der Waals surface area contributed by atoms with E-state index in [2.05, 4.69) is 10.6 Å². The van der Waals surface area contributed by atoms with Crippen molar-refractivity contribution in [3.63, 3.8) is 0 Å². The summed E-state index contributed by atoms with van der Waals surface area (Å²) in [6.45, 7) is 1.29. The molecular formula is C13H17N3O3. The topological polar surface area (TPSA) is 96.6 Å². The fraction of sp³-hybridized carbons (Fsp3) is 0.462. The molecule has 1 aromatic carbocycles. The van der Waals surface area contributed by atoms with Crippen LogP contribution in [0, 0.1) is 0 Å². The summed E-state index contributed by atoms with van der Waals surface area (Å²) in [4.78, 5) is 11.3. The maximum atomic E-state index is 11.3. The van der Waals surface area contributed by atoms with E-state index in [-0.39, 0.29) is 5.91 Å². The number of benzene rings is 1. The second-order valence-corrected chi connectivity index (χ2v) is 5.20. The standard InChI is InChI=1S/C13H17N3O3/c14-9-3-8-4-12(17)16-10(8)5-11(9)15-6-13(18)1-2-19-7-13/h3,5,15,18H,1-2,4,6-7,14H2,(H,16,17). The molecule has 0 spiro atoms. The van der Waals surface area contributed by atoms with Gasteiger partial charge in [-0.3, -0.25) is 4.79 Å². The Bertz CT molecular complexity index is 524. The largest absolute Gasteiger partial charge is 0.397 e. The Kier molecular flexibility index (Phi) is 2.83. The lowest BCUT2D eigenvalue weighted by Gasteiger charge is -2.22. The molecule has 1 atom stereocenters. The molecule has 1 amide bonds. The van der Waals surface area contributed by atoms with E-state index >= 15 is 0 Å². The number of hydrogen-bond acceptors (Lipinski definition) is 5. The maximum Gasteiger partial charge on any atom is 0.228 e.